The molecule has 0 amide bonds. The van der Waals surface area contributed by atoms with Gasteiger partial charge in [-0.15, -0.1) is 0 Å². The first kappa shape index (κ1) is 9.95. The Morgan fingerprint density at radius 3 is 2.80 bits per heavy atom. The normalized spacial score (nSPS) is 11.4. The predicted octanol–water partition coefficient (Wildman–Crippen LogP) is 1.60. The molecule has 0 bridgehead atoms. The van der Waals surface area contributed by atoms with E-state index in [1.165, 1.54) is 24.3 Å². The molecule has 2 N–H and O–H groups in total. The summed E-state index contributed by atoms with van der Waals surface area (Å²) in [6.45, 7) is 0. The van der Waals surface area contributed by atoms with Gasteiger partial charge in [0.25, 0.3) is 0 Å². The van der Waals surface area contributed by atoms with E-state index in [1.54, 1.807) is 6.07 Å². The molecule has 2 rings (SSSR count). The van der Waals surface area contributed by atoms with Crippen molar-refractivity contribution >= 4 is 24.2 Å². The second kappa shape index (κ2) is 3.88. The average Bonchev–Trinajstić information content (AvgIpc) is 2.56. The summed E-state index contributed by atoms with van der Waals surface area (Å²) in [6.07, 6.45) is 1.42. The summed E-state index contributed by atoms with van der Waals surface area (Å²) in [5, 5.41) is 17.8. The minimum Gasteiger partial charge on any atom is -0.457 e. The van der Waals surface area contributed by atoms with Crippen molar-refractivity contribution in [1.82, 2.24) is 0 Å². The molecule has 1 aromatic heterocycles. The lowest BCUT2D eigenvalue weighted by Gasteiger charge is -1.86. The van der Waals surface area contributed by atoms with E-state index in [0.29, 0.717) is 16.7 Å². The van der Waals surface area contributed by atoms with Crippen LogP contribution in [0.25, 0.3) is 17.0 Å². The van der Waals surface area contributed by atoms with Crippen molar-refractivity contribution in [3.8, 4) is 0 Å². The molecule has 0 saturated carbocycles. The van der Waals surface area contributed by atoms with Crippen LogP contribution in [0.5, 0.6) is 0 Å². The average molecular weight is 206 g/mol. The second-order valence-corrected chi connectivity index (χ2v) is 3.10. The molecular weight excluding hydrogens is 198 g/mol. The number of benzene rings is 1. The van der Waals surface area contributed by atoms with Crippen LogP contribution in [0.15, 0.2) is 34.7 Å². The summed E-state index contributed by atoms with van der Waals surface area (Å²) in [7, 11) is -1.52. The van der Waals surface area contributed by atoms with Gasteiger partial charge in [0.05, 0.1) is 0 Å². The Hall–Kier alpha value is -1.59. The maximum Gasteiger partial charge on any atom is 0.480 e. The SMILES string of the molecule is OB(O)/C=C/c1cc2cc(F)ccc2o1. The Kier molecular flexibility index (Phi) is 2.57. The van der Waals surface area contributed by atoms with Crippen LogP contribution < -0.4 is 0 Å². The number of halogens is 1. The van der Waals surface area contributed by atoms with Gasteiger partial charge in [0.15, 0.2) is 0 Å². The van der Waals surface area contributed by atoms with E-state index in [1.807, 2.05) is 0 Å². The summed E-state index contributed by atoms with van der Waals surface area (Å²) in [6, 6.07) is 5.81. The van der Waals surface area contributed by atoms with Crippen molar-refractivity contribution in [3.63, 3.8) is 0 Å². The van der Waals surface area contributed by atoms with E-state index in [2.05, 4.69) is 0 Å². The van der Waals surface area contributed by atoms with E-state index in [-0.39, 0.29) is 5.82 Å². The molecule has 15 heavy (non-hydrogen) atoms. The van der Waals surface area contributed by atoms with E-state index < -0.39 is 7.12 Å². The standard InChI is InChI=1S/C10H8BFO3/c12-8-1-2-10-7(5-8)6-9(15-10)3-4-11(13)14/h1-6,13-14H/b4-3+. The largest absolute Gasteiger partial charge is 0.480 e. The zero-order valence-corrected chi connectivity index (χ0v) is 7.72. The minimum atomic E-state index is -1.52. The summed E-state index contributed by atoms with van der Waals surface area (Å²) in [5.74, 6) is 1.28. The lowest BCUT2D eigenvalue weighted by molar-refractivity contribution is 0.424. The molecule has 3 nitrogen and oxygen atoms in total. The van der Waals surface area contributed by atoms with Gasteiger partial charge >= 0.3 is 7.12 Å². The second-order valence-electron chi connectivity index (χ2n) is 3.10. The van der Waals surface area contributed by atoms with Crippen LogP contribution in [0.3, 0.4) is 0 Å². The minimum absolute atomic E-state index is 0.332. The molecule has 76 valence electrons. The lowest BCUT2D eigenvalue weighted by Crippen LogP contribution is -2.05. The Morgan fingerprint density at radius 2 is 2.07 bits per heavy atom. The third-order valence-electron chi connectivity index (χ3n) is 1.93. The molecule has 0 saturated heterocycles. The highest BCUT2D eigenvalue weighted by Crippen LogP contribution is 2.21. The first-order valence-corrected chi connectivity index (χ1v) is 4.38. The van der Waals surface area contributed by atoms with Crippen molar-refractivity contribution < 1.29 is 18.9 Å². The molecule has 1 heterocycles. The highest BCUT2D eigenvalue weighted by molar-refractivity contribution is 6.48. The zero-order valence-electron chi connectivity index (χ0n) is 7.72. The van der Waals surface area contributed by atoms with Gasteiger partial charge in [-0.3, -0.25) is 0 Å². The van der Waals surface area contributed by atoms with Crippen LogP contribution in [0.4, 0.5) is 4.39 Å². The summed E-state index contributed by atoms with van der Waals surface area (Å²) in [5.41, 5.74) is 0.559. The highest BCUT2D eigenvalue weighted by Gasteiger charge is 2.04. The molecule has 0 aliphatic carbocycles. The molecule has 0 fully saturated rings. The first-order valence-electron chi connectivity index (χ1n) is 4.38. The van der Waals surface area contributed by atoms with Crippen LogP contribution >= 0.6 is 0 Å². The molecule has 0 aliphatic heterocycles. The molecule has 5 heteroatoms. The number of hydrogen-bond donors (Lipinski definition) is 2. The molecule has 2 aromatic rings. The fourth-order valence-corrected chi connectivity index (χ4v) is 1.30. The number of rotatable bonds is 2. The predicted molar refractivity (Wildman–Crippen MR) is 55.4 cm³/mol. The van der Waals surface area contributed by atoms with E-state index in [0.717, 1.165) is 5.98 Å². The first-order chi connectivity index (χ1) is 7.15. The smallest absolute Gasteiger partial charge is 0.457 e. The van der Waals surface area contributed by atoms with Gasteiger partial charge in [-0.25, -0.2) is 4.39 Å². The van der Waals surface area contributed by atoms with Crippen molar-refractivity contribution in [2.45, 2.75) is 0 Å². The summed E-state index contributed by atoms with van der Waals surface area (Å²) < 4.78 is 18.1. The molecule has 0 unspecified atom stereocenters. The fraction of sp³-hybridized carbons (Fsp3) is 0. The van der Waals surface area contributed by atoms with Crippen molar-refractivity contribution in [2.24, 2.45) is 0 Å². The van der Waals surface area contributed by atoms with Crippen LogP contribution in [0.1, 0.15) is 5.76 Å². The van der Waals surface area contributed by atoms with Crippen molar-refractivity contribution in [1.29, 1.82) is 0 Å². The van der Waals surface area contributed by atoms with E-state index in [4.69, 9.17) is 14.5 Å². The third-order valence-corrected chi connectivity index (χ3v) is 1.93. The van der Waals surface area contributed by atoms with Crippen LogP contribution in [0.2, 0.25) is 0 Å². The fourth-order valence-electron chi connectivity index (χ4n) is 1.30. The van der Waals surface area contributed by atoms with Gasteiger partial charge in [-0.1, -0.05) is 5.98 Å². The number of fused-ring (bicyclic) bond motifs is 1. The van der Waals surface area contributed by atoms with Gasteiger partial charge in [0.1, 0.15) is 17.2 Å². The lowest BCUT2D eigenvalue weighted by atomic mass is 9.91. The van der Waals surface area contributed by atoms with Crippen LogP contribution in [0, 0.1) is 5.82 Å². The molecule has 1 aromatic carbocycles. The summed E-state index contributed by atoms with van der Waals surface area (Å²) >= 11 is 0. The van der Waals surface area contributed by atoms with E-state index in [9.17, 15) is 4.39 Å². The monoisotopic (exact) mass is 206 g/mol. The zero-order chi connectivity index (χ0) is 10.8. The van der Waals surface area contributed by atoms with Gasteiger partial charge in [-0.2, -0.15) is 0 Å². The van der Waals surface area contributed by atoms with Crippen LogP contribution in [-0.2, 0) is 0 Å². The molecule has 0 spiro atoms. The molecule has 0 atom stereocenters. The van der Waals surface area contributed by atoms with Gasteiger partial charge in [0, 0.05) is 5.39 Å². The van der Waals surface area contributed by atoms with Crippen molar-refractivity contribution in [2.75, 3.05) is 0 Å². The van der Waals surface area contributed by atoms with Gasteiger partial charge in [-0.05, 0) is 30.3 Å². The third kappa shape index (κ3) is 2.26. The Labute approximate surface area is 85.6 Å². The van der Waals surface area contributed by atoms with E-state index >= 15 is 0 Å². The molecule has 0 aliphatic rings. The summed E-state index contributed by atoms with van der Waals surface area (Å²) in [4.78, 5) is 0. The van der Waals surface area contributed by atoms with Gasteiger partial charge in [0.2, 0.25) is 0 Å². The highest BCUT2D eigenvalue weighted by atomic mass is 19.1. The molecular formula is C10H8BFO3. The Bertz CT molecular complexity index is 504. The Balaban J connectivity index is 2.39. The van der Waals surface area contributed by atoms with Crippen LogP contribution in [-0.4, -0.2) is 17.2 Å². The van der Waals surface area contributed by atoms with Crippen molar-refractivity contribution in [3.05, 3.63) is 41.8 Å². The van der Waals surface area contributed by atoms with Gasteiger partial charge < -0.3 is 14.5 Å². The quantitative estimate of drug-likeness (QED) is 0.733. The Morgan fingerprint density at radius 1 is 1.27 bits per heavy atom. The number of furan rings is 1. The molecule has 0 radical (unpaired) electrons. The maximum absolute atomic E-state index is 12.8. The topological polar surface area (TPSA) is 53.6 Å². The number of hydrogen-bond acceptors (Lipinski definition) is 3. The maximum atomic E-state index is 12.8.